The Balaban J connectivity index is 1.97. The van der Waals surface area contributed by atoms with Gasteiger partial charge < -0.3 is 4.90 Å². The van der Waals surface area contributed by atoms with E-state index in [9.17, 15) is 22.8 Å². The number of nitrogens with zero attached hydrogens (tertiary/aromatic N) is 1. The summed E-state index contributed by atoms with van der Waals surface area (Å²) in [5, 5.41) is 4.68. The van der Waals surface area contributed by atoms with Crippen molar-refractivity contribution in [3.63, 3.8) is 0 Å². The average molecular weight is 393 g/mol. The maximum absolute atomic E-state index is 12.0. The van der Waals surface area contributed by atoms with Gasteiger partial charge in [-0.25, -0.2) is 13.6 Å². The molecular weight excluding hydrogens is 380 g/mol. The maximum atomic E-state index is 12.0. The summed E-state index contributed by atoms with van der Waals surface area (Å²) in [5.74, 6) is -0.730. The van der Waals surface area contributed by atoms with Crippen molar-refractivity contribution in [3.05, 3.63) is 28.8 Å². The molecule has 0 aromatic heterocycles. The summed E-state index contributed by atoms with van der Waals surface area (Å²) in [6.07, 6.45) is 0. The first-order chi connectivity index (χ1) is 11.2. The van der Waals surface area contributed by atoms with E-state index in [1.807, 2.05) is 0 Å². The summed E-state index contributed by atoms with van der Waals surface area (Å²) >= 11 is 6.83. The van der Waals surface area contributed by atoms with Gasteiger partial charge in [0.25, 0.3) is 17.1 Å². The topological polar surface area (TPSA) is 139 Å². The normalized spacial score (nSPS) is 14.6. The first-order valence-corrected chi connectivity index (χ1v) is 9.42. The molecule has 1 saturated heterocycles. The van der Waals surface area contributed by atoms with E-state index in [1.165, 1.54) is 17.0 Å². The number of rotatable bonds is 4. The molecule has 130 valence electrons. The summed E-state index contributed by atoms with van der Waals surface area (Å²) in [7, 11) is -4.09. The van der Waals surface area contributed by atoms with Crippen molar-refractivity contribution < 1.29 is 22.8 Å². The fraction of sp³-hybridized carbons (Fsp3) is 0.250. The van der Waals surface area contributed by atoms with Crippen LogP contribution in [-0.4, -0.2) is 49.2 Å². The van der Waals surface area contributed by atoms with Crippen molar-refractivity contribution in [3.8, 4) is 0 Å². The van der Waals surface area contributed by atoms with Gasteiger partial charge in [0.1, 0.15) is 11.4 Å². The molecule has 4 N–H and O–H groups in total. The van der Waals surface area contributed by atoms with Crippen molar-refractivity contribution in [2.24, 2.45) is 5.14 Å². The van der Waals surface area contributed by atoms with Gasteiger partial charge >= 0.3 is 0 Å². The number of hydrogen-bond acceptors (Lipinski definition) is 6. The maximum Gasteiger partial charge on any atom is 0.282 e. The van der Waals surface area contributed by atoms with Gasteiger partial charge in [-0.05, 0) is 18.2 Å². The van der Waals surface area contributed by atoms with Crippen molar-refractivity contribution in [2.75, 3.05) is 18.8 Å². The Hall–Kier alpha value is -1.82. The van der Waals surface area contributed by atoms with Crippen LogP contribution in [0.15, 0.2) is 23.1 Å². The van der Waals surface area contributed by atoms with E-state index in [4.69, 9.17) is 16.7 Å². The molecule has 1 fully saturated rings. The second-order valence-corrected chi connectivity index (χ2v) is 7.71. The van der Waals surface area contributed by atoms with Crippen LogP contribution in [0.5, 0.6) is 0 Å². The number of carbonyl (C=O) groups excluding carboxylic acids is 3. The van der Waals surface area contributed by atoms with Gasteiger partial charge in [0.05, 0.1) is 5.02 Å². The number of thioether (sulfide) groups is 1. The van der Waals surface area contributed by atoms with Crippen molar-refractivity contribution in [1.29, 1.82) is 0 Å². The Bertz CT molecular complexity index is 799. The number of nitrogens with two attached hydrogens (primary N) is 1. The fourth-order valence-electron chi connectivity index (χ4n) is 1.84. The lowest BCUT2D eigenvalue weighted by Gasteiger charge is -2.14. The molecule has 2 rings (SSSR count). The fourth-order valence-corrected chi connectivity index (χ4v) is 3.74. The minimum atomic E-state index is -4.09. The van der Waals surface area contributed by atoms with E-state index >= 15 is 0 Å². The molecule has 24 heavy (non-hydrogen) atoms. The molecule has 1 aliphatic rings. The molecule has 0 atom stereocenters. The lowest BCUT2D eigenvalue weighted by atomic mass is 10.2. The van der Waals surface area contributed by atoms with Gasteiger partial charge in [0.15, 0.2) is 0 Å². The van der Waals surface area contributed by atoms with E-state index in [0.29, 0.717) is 12.3 Å². The van der Waals surface area contributed by atoms with Crippen LogP contribution >= 0.6 is 23.4 Å². The SMILES string of the molecule is NS(=O)(=O)c1cc(C(=O)NNC(=O)CN2CCSC2=O)ccc1Cl. The van der Waals surface area contributed by atoms with Gasteiger partial charge in [0, 0.05) is 17.9 Å². The minimum absolute atomic E-state index is 0.0588. The molecule has 0 bridgehead atoms. The largest absolute Gasteiger partial charge is 0.323 e. The van der Waals surface area contributed by atoms with Gasteiger partial charge in [0.2, 0.25) is 10.0 Å². The highest BCUT2D eigenvalue weighted by Gasteiger charge is 2.23. The van der Waals surface area contributed by atoms with Crippen LogP contribution < -0.4 is 16.0 Å². The summed E-state index contributed by atoms with van der Waals surface area (Å²) in [4.78, 5) is 36.0. The number of nitrogens with one attached hydrogen (secondary N) is 2. The predicted molar refractivity (Wildman–Crippen MR) is 87.9 cm³/mol. The number of carbonyl (C=O) groups is 3. The van der Waals surface area contributed by atoms with E-state index in [-0.39, 0.29) is 22.4 Å². The lowest BCUT2D eigenvalue weighted by Crippen LogP contribution is -2.46. The number of amides is 3. The molecule has 1 aromatic rings. The Morgan fingerprint density at radius 3 is 2.62 bits per heavy atom. The third-order valence-electron chi connectivity index (χ3n) is 2.99. The van der Waals surface area contributed by atoms with Crippen LogP contribution in [0.25, 0.3) is 0 Å². The molecular formula is C12H13ClN4O5S2. The molecule has 0 radical (unpaired) electrons. The van der Waals surface area contributed by atoms with Crippen LogP contribution in [0.4, 0.5) is 4.79 Å². The Morgan fingerprint density at radius 2 is 2.04 bits per heavy atom. The van der Waals surface area contributed by atoms with Gasteiger partial charge in [-0.1, -0.05) is 23.4 Å². The minimum Gasteiger partial charge on any atom is -0.323 e. The molecule has 12 heteroatoms. The molecule has 0 aliphatic carbocycles. The zero-order valence-electron chi connectivity index (χ0n) is 12.1. The number of sulfonamides is 1. The Kier molecular flexibility index (Phi) is 5.70. The quantitative estimate of drug-likeness (QED) is 0.612. The molecule has 0 spiro atoms. The van der Waals surface area contributed by atoms with Crippen molar-refractivity contribution in [2.45, 2.75) is 4.90 Å². The first kappa shape index (κ1) is 18.5. The monoisotopic (exact) mass is 392 g/mol. The van der Waals surface area contributed by atoms with Crippen LogP contribution in [0, 0.1) is 0 Å². The number of halogens is 1. The molecule has 0 unspecified atom stereocenters. The Labute approximate surface area is 146 Å². The summed E-state index contributed by atoms with van der Waals surface area (Å²) in [5.41, 5.74) is 4.21. The molecule has 1 aliphatic heterocycles. The highest BCUT2D eigenvalue weighted by atomic mass is 35.5. The molecule has 1 aromatic carbocycles. The van der Waals surface area contributed by atoms with Gasteiger partial charge in [-0.15, -0.1) is 0 Å². The Morgan fingerprint density at radius 1 is 1.33 bits per heavy atom. The smallest absolute Gasteiger partial charge is 0.282 e. The lowest BCUT2D eigenvalue weighted by molar-refractivity contribution is -0.122. The third-order valence-corrected chi connectivity index (χ3v) is 5.28. The third kappa shape index (κ3) is 4.60. The number of benzene rings is 1. The van der Waals surface area contributed by atoms with Gasteiger partial charge in [-0.2, -0.15) is 0 Å². The standard InChI is InChI=1S/C12H13ClN4O5S2/c13-8-2-1-7(5-9(8)24(14,21)22)11(19)16-15-10(18)6-17-3-4-23-12(17)20/h1-2,5H,3-4,6H2,(H,15,18)(H,16,19)(H2,14,21,22). The van der Waals surface area contributed by atoms with Crippen LogP contribution in [-0.2, 0) is 14.8 Å². The van der Waals surface area contributed by atoms with Gasteiger partial charge in [-0.3, -0.25) is 25.2 Å². The summed E-state index contributed by atoms with van der Waals surface area (Å²) in [6.45, 7) is 0.273. The van der Waals surface area contributed by atoms with Crippen LogP contribution in [0.1, 0.15) is 10.4 Å². The van der Waals surface area contributed by atoms with Crippen molar-refractivity contribution in [1.82, 2.24) is 15.8 Å². The molecule has 1 heterocycles. The highest BCUT2D eigenvalue weighted by molar-refractivity contribution is 8.13. The average Bonchev–Trinajstić information content (AvgIpc) is 2.89. The van der Waals surface area contributed by atoms with E-state index < -0.39 is 26.7 Å². The highest BCUT2D eigenvalue weighted by Crippen LogP contribution is 2.21. The molecule has 0 saturated carbocycles. The first-order valence-electron chi connectivity index (χ1n) is 6.51. The van der Waals surface area contributed by atoms with E-state index in [2.05, 4.69) is 10.9 Å². The second kappa shape index (κ2) is 7.38. The second-order valence-electron chi connectivity index (χ2n) is 4.73. The van der Waals surface area contributed by atoms with Crippen LogP contribution in [0.3, 0.4) is 0 Å². The number of hydrazine groups is 1. The zero-order chi connectivity index (χ0) is 17.9. The number of primary sulfonamides is 1. The summed E-state index contributed by atoms with van der Waals surface area (Å²) in [6, 6.07) is 3.48. The van der Waals surface area contributed by atoms with Crippen molar-refractivity contribution >= 4 is 50.4 Å². The molecule has 3 amide bonds. The zero-order valence-corrected chi connectivity index (χ0v) is 14.5. The van der Waals surface area contributed by atoms with E-state index in [0.717, 1.165) is 17.8 Å². The number of hydrogen-bond donors (Lipinski definition) is 3. The molecule has 9 nitrogen and oxygen atoms in total. The predicted octanol–water partition coefficient (Wildman–Crippen LogP) is -0.0828. The summed E-state index contributed by atoms with van der Waals surface area (Å²) < 4.78 is 22.7. The van der Waals surface area contributed by atoms with Crippen LogP contribution in [0.2, 0.25) is 5.02 Å². The van der Waals surface area contributed by atoms with E-state index in [1.54, 1.807) is 0 Å².